The Kier molecular flexibility index (Phi) is 2.29. The molecule has 1 heterocycles. The van der Waals surface area contributed by atoms with Gasteiger partial charge in [-0.15, -0.1) is 0 Å². The van der Waals surface area contributed by atoms with Gasteiger partial charge in [0.05, 0.1) is 6.26 Å². The van der Waals surface area contributed by atoms with Gasteiger partial charge in [-0.3, -0.25) is 4.79 Å². The van der Waals surface area contributed by atoms with Gasteiger partial charge in [-0.25, -0.2) is 0 Å². The molecule has 3 heteroatoms. The minimum atomic E-state index is -0.113. The van der Waals surface area contributed by atoms with Crippen molar-refractivity contribution in [3.05, 3.63) is 53.5 Å². The topological polar surface area (TPSA) is 56.2 Å². The number of nitrogens with two attached hydrogens (primary N) is 1. The van der Waals surface area contributed by atoms with E-state index in [9.17, 15) is 4.79 Å². The van der Waals surface area contributed by atoms with E-state index in [0.29, 0.717) is 17.0 Å². The highest BCUT2D eigenvalue weighted by molar-refractivity contribution is 6.08. The number of furan rings is 1. The van der Waals surface area contributed by atoms with E-state index in [1.54, 1.807) is 30.3 Å². The average molecular weight is 201 g/mol. The van der Waals surface area contributed by atoms with Crippen LogP contribution in [0.15, 0.2) is 41.0 Å². The summed E-state index contributed by atoms with van der Waals surface area (Å²) < 4.78 is 5.05. The van der Waals surface area contributed by atoms with Crippen LogP contribution in [0.2, 0.25) is 0 Å². The van der Waals surface area contributed by atoms with Gasteiger partial charge in [0.25, 0.3) is 0 Å². The summed E-state index contributed by atoms with van der Waals surface area (Å²) in [7, 11) is 0. The SMILES string of the molecule is Cc1cc(N)ccc1C(=O)c1ccco1. The molecule has 15 heavy (non-hydrogen) atoms. The lowest BCUT2D eigenvalue weighted by molar-refractivity contribution is 0.101. The van der Waals surface area contributed by atoms with Crippen LogP contribution >= 0.6 is 0 Å². The van der Waals surface area contributed by atoms with Crippen molar-refractivity contribution in [3.63, 3.8) is 0 Å². The number of carbonyl (C=O) groups excluding carboxylic acids is 1. The van der Waals surface area contributed by atoms with Crippen LogP contribution in [0.25, 0.3) is 0 Å². The summed E-state index contributed by atoms with van der Waals surface area (Å²) in [6.07, 6.45) is 1.49. The summed E-state index contributed by atoms with van der Waals surface area (Å²) in [6, 6.07) is 8.55. The smallest absolute Gasteiger partial charge is 0.228 e. The Morgan fingerprint density at radius 2 is 2.13 bits per heavy atom. The molecular weight excluding hydrogens is 190 g/mol. The van der Waals surface area contributed by atoms with E-state index < -0.39 is 0 Å². The number of anilines is 1. The lowest BCUT2D eigenvalue weighted by Crippen LogP contribution is -2.02. The van der Waals surface area contributed by atoms with Crippen LogP contribution in [0.3, 0.4) is 0 Å². The van der Waals surface area contributed by atoms with Crippen molar-refractivity contribution in [1.82, 2.24) is 0 Å². The van der Waals surface area contributed by atoms with Crippen molar-refractivity contribution in [3.8, 4) is 0 Å². The first-order chi connectivity index (χ1) is 7.18. The Morgan fingerprint density at radius 1 is 1.33 bits per heavy atom. The molecule has 0 fully saturated rings. The van der Waals surface area contributed by atoms with Crippen LogP contribution in [0.5, 0.6) is 0 Å². The summed E-state index contributed by atoms with van der Waals surface area (Å²) >= 11 is 0. The van der Waals surface area contributed by atoms with Gasteiger partial charge in [-0.05, 0) is 42.8 Å². The summed E-state index contributed by atoms with van der Waals surface area (Å²) in [5.74, 6) is 0.236. The van der Waals surface area contributed by atoms with Gasteiger partial charge in [0.15, 0.2) is 5.76 Å². The Hall–Kier alpha value is -2.03. The third-order valence-electron chi connectivity index (χ3n) is 2.24. The van der Waals surface area contributed by atoms with Crippen molar-refractivity contribution >= 4 is 11.5 Å². The van der Waals surface area contributed by atoms with Gasteiger partial charge in [0.2, 0.25) is 5.78 Å². The molecule has 0 aliphatic heterocycles. The number of nitrogen functional groups attached to an aromatic ring is 1. The molecule has 0 aliphatic carbocycles. The zero-order valence-corrected chi connectivity index (χ0v) is 8.36. The first kappa shape index (κ1) is 9.52. The van der Waals surface area contributed by atoms with Gasteiger partial charge < -0.3 is 10.2 Å². The van der Waals surface area contributed by atoms with Crippen molar-refractivity contribution in [1.29, 1.82) is 0 Å². The molecule has 1 aromatic carbocycles. The molecule has 0 radical (unpaired) electrons. The maximum absolute atomic E-state index is 11.9. The first-order valence-corrected chi connectivity index (χ1v) is 4.63. The predicted molar refractivity (Wildman–Crippen MR) is 57.7 cm³/mol. The molecule has 1 aromatic heterocycles. The van der Waals surface area contributed by atoms with Crippen molar-refractivity contribution in [2.24, 2.45) is 0 Å². The number of hydrogen-bond acceptors (Lipinski definition) is 3. The normalized spacial score (nSPS) is 10.2. The maximum Gasteiger partial charge on any atom is 0.228 e. The van der Waals surface area contributed by atoms with E-state index in [1.807, 2.05) is 6.92 Å². The maximum atomic E-state index is 11.9. The monoisotopic (exact) mass is 201 g/mol. The molecule has 2 rings (SSSR count). The van der Waals surface area contributed by atoms with E-state index in [1.165, 1.54) is 6.26 Å². The van der Waals surface area contributed by atoms with E-state index in [2.05, 4.69) is 0 Å². The highest BCUT2D eigenvalue weighted by Gasteiger charge is 2.13. The van der Waals surface area contributed by atoms with E-state index in [-0.39, 0.29) is 5.78 Å². The number of aryl methyl sites for hydroxylation is 1. The molecule has 0 spiro atoms. The third kappa shape index (κ3) is 1.76. The fourth-order valence-electron chi connectivity index (χ4n) is 1.48. The lowest BCUT2D eigenvalue weighted by atomic mass is 10.0. The Bertz CT molecular complexity index is 486. The molecule has 0 bridgehead atoms. The average Bonchev–Trinajstić information content (AvgIpc) is 2.69. The van der Waals surface area contributed by atoms with Gasteiger partial charge in [-0.1, -0.05) is 0 Å². The van der Waals surface area contributed by atoms with Crippen molar-refractivity contribution < 1.29 is 9.21 Å². The summed E-state index contributed by atoms with van der Waals surface area (Å²) in [5, 5.41) is 0. The molecule has 2 N–H and O–H groups in total. The predicted octanol–water partition coefficient (Wildman–Crippen LogP) is 2.40. The standard InChI is InChI=1S/C12H11NO2/c1-8-7-9(13)4-5-10(8)12(14)11-3-2-6-15-11/h2-7H,13H2,1H3. The van der Waals surface area contributed by atoms with Gasteiger partial charge in [0, 0.05) is 11.3 Å². The van der Waals surface area contributed by atoms with Crippen LogP contribution < -0.4 is 5.73 Å². The fraction of sp³-hybridized carbons (Fsp3) is 0.0833. The molecule has 0 saturated carbocycles. The largest absolute Gasteiger partial charge is 0.461 e. The van der Waals surface area contributed by atoms with E-state index in [4.69, 9.17) is 10.2 Å². The van der Waals surface area contributed by atoms with Crippen LogP contribution in [-0.2, 0) is 0 Å². The number of benzene rings is 1. The van der Waals surface area contributed by atoms with Crippen LogP contribution in [0.1, 0.15) is 21.7 Å². The minimum Gasteiger partial charge on any atom is -0.461 e. The number of ketones is 1. The molecule has 0 unspecified atom stereocenters. The minimum absolute atomic E-state index is 0.113. The number of carbonyl (C=O) groups is 1. The van der Waals surface area contributed by atoms with E-state index >= 15 is 0 Å². The molecule has 0 aliphatic rings. The van der Waals surface area contributed by atoms with Crippen molar-refractivity contribution in [2.45, 2.75) is 6.92 Å². The van der Waals surface area contributed by atoms with Gasteiger partial charge in [-0.2, -0.15) is 0 Å². The molecule has 2 aromatic rings. The molecule has 0 amide bonds. The zero-order chi connectivity index (χ0) is 10.8. The molecule has 0 atom stereocenters. The lowest BCUT2D eigenvalue weighted by Gasteiger charge is -2.03. The fourth-order valence-corrected chi connectivity index (χ4v) is 1.48. The Morgan fingerprint density at radius 3 is 2.73 bits per heavy atom. The van der Waals surface area contributed by atoms with Crippen LogP contribution in [-0.4, -0.2) is 5.78 Å². The second kappa shape index (κ2) is 3.61. The second-order valence-corrected chi connectivity index (χ2v) is 3.38. The molecular formula is C12H11NO2. The summed E-state index contributed by atoms with van der Waals surface area (Å²) in [6.45, 7) is 1.85. The Balaban J connectivity index is 2.42. The first-order valence-electron chi connectivity index (χ1n) is 4.63. The molecule has 3 nitrogen and oxygen atoms in total. The highest BCUT2D eigenvalue weighted by atomic mass is 16.3. The highest BCUT2D eigenvalue weighted by Crippen LogP contribution is 2.16. The molecule has 76 valence electrons. The number of rotatable bonds is 2. The van der Waals surface area contributed by atoms with Crippen LogP contribution in [0.4, 0.5) is 5.69 Å². The summed E-state index contributed by atoms with van der Waals surface area (Å²) in [4.78, 5) is 11.9. The molecule has 0 saturated heterocycles. The third-order valence-corrected chi connectivity index (χ3v) is 2.24. The summed E-state index contributed by atoms with van der Waals surface area (Å²) in [5.41, 5.74) is 7.75. The van der Waals surface area contributed by atoms with Gasteiger partial charge >= 0.3 is 0 Å². The zero-order valence-electron chi connectivity index (χ0n) is 8.36. The Labute approximate surface area is 87.5 Å². The second-order valence-electron chi connectivity index (χ2n) is 3.38. The van der Waals surface area contributed by atoms with Crippen LogP contribution in [0, 0.1) is 6.92 Å². The number of hydrogen-bond donors (Lipinski definition) is 1. The van der Waals surface area contributed by atoms with Gasteiger partial charge in [0.1, 0.15) is 0 Å². The quantitative estimate of drug-likeness (QED) is 0.599. The van der Waals surface area contributed by atoms with Crippen molar-refractivity contribution in [2.75, 3.05) is 5.73 Å². The van der Waals surface area contributed by atoms with E-state index in [0.717, 1.165) is 5.56 Å².